The lowest BCUT2D eigenvalue weighted by molar-refractivity contribution is -0.150. The van der Waals surface area contributed by atoms with Crippen LogP contribution < -0.4 is 0 Å². The molecule has 0 unspecified atom stereocenters. The van der Waals surface area contributed by atoms with Crippen molar-refractivity contribution < 1.29 is 14.6 Å². The molecule has 0 aliphatic heterocycles. The molecule has 0 spiro atoms. The second-order valence-corrected chi connectivity index (χ2v) is 6.41. The molecule has 0 aromatic rings. The molecule has 0 radical (unpaired) electrons. The molecule has 23 heavy (non-hydrogen) atoms. The Morgan fingerprint density at radius 3 is 1.87 bits per heavy atom. The summed E-state index contributed by atoms with van der Waals surface area (Å²) in [6.45, 7) is 2.26. The summed E-state index contributed by atoms with van der Waals surface area (Å²) >= 11 is 0. The monoisotopic (exact) mass is 326 g/mol. The predicted octanol–water partition coefficient (Wildman–Crippen LogP) is 5.56. The van der Waals surface area contributed by atoms with Crippen LogP contribution in [-0.2, 0) is 9.53 Å². The lowest BCUT2D eigenvalue weighted by atomic mass is 10.1. The minimum atomic E-state index is -0.940. The summed E-state index contributed by atoms with van der Waals surface area (Å²) < 4.78 is 4.49. The molecule has 0 aromatic heterocycles. The maximum Gasteiger partial charge on any atom is 0.334 e. The Kier molecular flexibility index (Phi) is 16.9. The molecule has 0 rings (SSSR count). The number of allylic oxidation sites excluding steroid dienone is 2. The number of hydrogen-bond acceptors (Lipinski definition) is 3. The summed E-state index contributed by atoms with van der Waals surface area (Å²) in [7, 11) is 1.31. The number of hydrogen-bond donors (Lipinski definition) is 1. The molecule has 0 heterocycles. The van der Waals surface area contributed by atoms with E-state index in [0.717, 1.165) is 12.8 Å². The van der Waals surface area contributed by atoms with E-state index >= 15 is 0 Å². The first-order valence-electron chi connectivity index (χ1n) is 9.63. The normalized spacial score (nSPS) is 12.7. The average molecular weight is 327 g/mol. The maximum absolute atomic E-state index is 11.0. The molecule has 0 amide bonds. The minimum absolute atomic E-state index is 0.513. The van der Waals surface area contributed by atoms with Crippen LogP contribution in [0.2, 0.25) is 0 Å². The fourth-order valence-corrected chi connectivity index (χ4v) is 2.66. The Bertz CT molecular complexity index is 287. The fraction of sp³-hybridized carbons (Fsp3) is 0.850. The maximum atomic E-state index is 11.0. The van der Waals surface area contributed by atoms with Crippen molar-refractivity contribution in [3.05, 3.63) is 12.2 Å². The highest BCUT2D eigenvalue weighted by molar-refractivity contribution is 5.74. The summed E-state index contributed by atoms with van der Waals surface area (Å²) in [6, 6.07) is 0. The molecule has 0 saturated carbocycles. The third-order valence-corrected chi connectivity index (χ3v) is 4.21. The molecule has 3 heteroatoms. The predicted molar refractivity (Wildman–Crippen MR) is 97.5 cm³/mol. The number of rotatable bonds is 16. The molecular weight excluding hydrogens is 288 g/mol. The summed E-state index contributed by atoms with van der Waals surface area (Å²) in [6.07, 6.45) is 20.5. The van der Waals surface area contributed by atoms with Crippen LogP contribution in [0.25, 0.3) is 0 Å². The van der Waals surface area contributed by atoms with Crippen LogP contribution >= 0.6 is 0 Å². The Morgan fingerprint density at radius 2 is 1.35 bits per heavy atom. The quantitative estimate of drug-likeness (QED) is 0.229. The van der Waals surface area contributed by atoms with Gasteiger partial charge in [-0.25, -0.2) is 4.79 Å². The highest BCUT2D eigenvalue weighted by Crippen LogP contribution is 2.11. The second kappa shape index (κ2) is 17.5. The van der Waals surface area contributed by atoms with Crippen LogP contribution in [0, 0.1) is 0 Å². The van der Waals surface area contributed by atoms with Crippen molar-refractivity contribution in [2.45, 2.75) is 103 Å². The van der Waals surface area contributed by atoms with Crippen molar-refractivity contribution in [3.63, 3.8) is 0 Å². The van der Waals surface area contributed by atoms with Gasteiger partial charge in [0.2, 0.25) is 0 Å². The van der Waals surface area contributed by atoms with E-state index < -0.39 is 12.1 Å². The lowest BCUT2D eigenvalue weighted by Gasteiger charge is -2.07. The van der Waals surface area contributed by atoms with E-state index in [1.807, 2.05) is 0 Å². The number of unbranched alkanes of at least 4 members (excludes halogenated alkanes) is 11. The van der Waals surface area contributed by atoms with E-state index in [-0.39, 0.29) is 0 Å². The zero-order chi connectivity index (χ0) is 17.2. The molecule has 1 N–H and O–H groups in total. The zero-order valence-corrected chi connectivity index (χ0v) is 15.4. The average Bonchev–Trinajstić information content (AvgIpc) is 2.57. The van der Waals surface area contributed by atoms with Crippen LogP contribution in [-0.4, -0.2) is 24.3 Å². The zero-order valence-electron chi connectivity index (χ0n) is 15.4. The third-order valence-electron chi connectivity index (χ3n) is 4.21. The van der Waals surface area contributed by atoms with E-state index in [4.69, 9.17) is 0 Å². The first-order valence-corrected chi connectivity index (χ1v) is 9.63. The van der Waals surface area contributed by atoms with Gasteiger partial charge in [-0.2, -0.15) is 0 Å². The van der Waals surface area contributed by atoms with E-state index in [9.17, 15) is 9.90 Å². The molecule has 0 fully saturated rings. The van der Waals surface area contributed by atoms with E-state index in [0.29, 0.717) is 6.42 Å². The molecule has 0 aliphatic rings. The Morgan fingerprint density at radius 1 is 0.870 bits per heavy atom. The van der Waals surface area contributed by atoms with Crippen molar-refractivity contribution in [1.82, 2.24) is 0 Å². The Balaban J connectivity index is 3.20. The van der Waals surface area contributed by atoms with Gasteiger partial charge in [-0.1, -0.05) is 76.9 Å². The number of carbonyl (C=O) groups excluding carboxylic acids is 1. The summed E-state index contributed by atoms with van der Waals surface area (Å²) in [5, 5.41) is 9.44. The number of aliphatic hydroxyl groups excluding tert-OH is 1. The first-order chi connectivity index (χ1) is 11.2. The molecule has 3 nitrogen and oxygen atoms in total. The largest absolute Gasteiger partial charge is 0.467 e. The van der Waals surface area contributed by atoms with Crippen molar-refractivity contribution in [3.8, 4) is 0 Å². The molecule has 0 aromatic carbocycles. The molecule has 1 atom stereocenters. The molecule has 0 bridgehead atoms. The summed E-state index contributed by atoms with van der Waals surface area (Å²) in [5.74, 6) is -0.513. The standard InChI is InChI=1S/C20H38O3/c1-3-4-5-6-7-8-9-10-11-12-13-14-15-16-17-18-19(21)20(22)23-2/h10-11,19,21H,3-9,12-18H2,1-2H3/b11-10-/t19-/m1/s1. The first kappa shape index (κ1) is 22.2. The molecule has 136 valence electrons. The molecular formula is C20H38O3. The van der Waals surface area contributed by atoms with Gasteiger partial charge in [0, 0.05) is 0 Å². The van der Waals surface area contributed by atoms with E-state index in [1.165, 1.54) is 77.7 Å². The van der Waals surface area contributed by atoms with Gasteiger partial charge in [0.25, 0.3) is 0 Å². The highest BCUT2D eigenvalue weighted by atomic mass is 16.5. The van der Waals surface area contributed by atoms with Crippen LogP contribution in [0.3, 0.4) is 0 Å². The summed E-state index contributed by atoms with van der Waals surface area (Å²) in [4.78, 5) is 11.0. The van der Waals surface area contributed by atoms with Crippen LogP contribution in [0.4, 0.5) is 0 Å². The highest BCUT2D eigenvalue weighted by Gasteiger charge is 2.13. The van der Waals surface area contributed by atoms with Crippen LogP contribution in [0.1, 0.15) is 96.8 Å². The van der Waals surface area contributed by atoms with Gasteiger partial charge < -0.3 is 9.84 Å². The van der Waals surface area contributed by atoms with E-state index in [2.05, 4.69) is 23.8 Å². The number of methoxy groups -OCH3 is 1. The van der Waals surface area contributed by atoms with Crippen molar-refractivity contribution >= 4 is 5.97 Å². The van der Waals surface area contributed by atoms with Gasteiger partial charge in [0.05, 0.1) is 7.11 Å². The number of carbonyl (C=O) groups is 1. The van der Waals surface area contributed by atoms with Gasteiger partial charge in [-0.05, 0) is 32.1 Å². The van der Waals surface area contributed by atoms with Crippen molar-refractivity contribution in [1.29, 1.82) is 0 Å². The van der Waals surface area contributed by atoms with E-state index in [1.54, 1.807) is 0 Å². The van der Waals surface area contributed by atoms with Gasteiger partial charge in [0.15, 0.2) is 6.10 Å². The fourth-order valence-electron chi connectivity index (χ4n) is 2.66. The third kappa shape index (κ3) is 15.8. The van der Waals surface area contributed by atoms with Crippen molar-refractivity contribution in [2.24, 2.45) is 0 Å². The van der Waals surface area contributed by atoms with Crippen molar-refractivity contribution in [2.75, 3.05) is 7.11 Å². The Hall–Kier alpha value is -0.830. The topological polar surface area (TPSA) is 46.5 Å². The number of aliphatic hydroxyl groups is 1. The number of ether oxygens (including phenoxy) is 1. The van der Waals surface area contributed by atoms with Crippen LogP contribution in [0.5, 0.6) is 0 Å². The van der Waals surface area contributed by atoms with Gasteiger partial charge in [0.1, 0.15) is 0 Å². The summed E-state index contributed by atoms with van der Waals surface area (Å²) in [5.41, 5.74) is 0. The van der Waals surface area contributed by atoms with Crippen LogP contribution in [0.15, 0.2) is 12.2 Å². The Labute approximate surface area is 143 Å². The van der Waals surface area contributed by atoms with Gasteiger partial charge >= 0.3 is 5.97 Å². The smallest absolute Gasteiger partial charge is 0.334 e. The molecule has 0 saturated heterocycles. The molecule has 0 aliphatic carbocycles. The minimum Gasteiger partial charge on any atom is -0.467 e. The second-order valence-electron chi connectivity index (χ2n) is 6.41. The SMILES string of the molecule is CCCCCCCC/C=C\CCCCCCC[C@@H](O)C(=O)OC. The van der Waals surface area contributed by atoms with Gasteiger partial charge in [-0.3, -0.25) is 0 Å². The lowest BCUT2D eigenvalue weighted by Crippen LogP contribution is -2.21. The van der Waals surface area contributed by atoms with Gasteiger partial charge in [-0.15, -0.1) is 0 Å². The number of esters is 1.